The lowest BCUT2D eigenvalue weighted by Gasteiger charge is -2.39. The van der Waals surface area contributed by atoms with Crippen molar-refractivity contribution in [2.45, 2.75) is 30.5 Å². The number of benzene rings is 2. The average Bonchev–Trinajstić information content (AvgIpc) is 2.72. The van der Waals surface area contributed by atoms with E-state index in [2.05, 4.69) is 94.3 Å². The van der Waals surface area contributed by atoms with Crippen molar-refractivity contribution < 1.29 is 0 Å². The first-order chi connectivity index (χ1) is 11.5. The minimum Gasteiger partial charge on any atom is -0.0845 e. The van der Waals surface area contributed by atoms with Gasteiger partial charge in [0.1, 0.15) is 0 Å². The van der Waals surface area contributed by atoms with Gasteiger partial charge in [-0.25, -0.2) is 0 Å². The molecule has 0 nitrogen and oxygen atoms in total. The number of hydrogen-bond acceptors (Lipinski definition) is 0. The van der Waals surface area contributed by atoms with Crippen LogP contribution in [0.1, 0.15) is 37.0 Å². The molecule has 120 valence electrons. The highest BCUT2D eigenvalue weighted by molar-refractivity contribution is 9.10. The molecule has 2 unspecified atom stereocenters. The van der Waals surface area contributed by atoms with Gasteiger partial charge in [0.15, 0.2) is 0 Å². The maximum absolute atomic E-state index is 3.84. The molecule has 0 aromatic heterocycles. The van der Waals surface area contributed by atoms with Crippen LogP contribution in [0.15, 0.2) is 52.5 Å². The third-order valence-corrected chi connectivity index (χ3v) is 7.27. The van der Waals surface area contributed by atoms with E-state index >= 15 is 0 Å². The molecule has 5 rings (SSSR count). The van der Waals surface area contributed by atoms with Crippen molar-refractivity contribution in [2.75, 3.05) is 0 Å². The smallest absolute Gasteiger partial charge is 0.0337 e. The second-order valence-corrected chi connectivity index (χ2v) is 9.61. The van der Waals surface area contributed by atoms with Crippen molar-refractivity contribution in [3.8, 4) is 0 Å². The molecule has 0 saturated heterocycles. The zero-order valence-corrected chi connectivity index (χ0v) is 16.9. The van der Waals surface area contributed by atoms with Crippen molar-refractivity contribution in [2.24, 2.45) is 5.92 Å². The predicted molar refractivity (Wildman–Crippen MR) is 111 cm³/mol. The molecule has 0 N–H and O–H groups in total. The highest BCUT2D eigenvalue weighted by Gasteiger charge is 2.39. The van der Waals surface area contributed by atoms with Gasteiger partial charge in [-0.05, 0) is 51.1 Å². The molecule has 0 aliphatic heterocycles. The van der Waals surface area contributed by atoms with Crippen LogP contribution in [0.25, 0.3) is 22.4 Å². The standard InChI is InChI=1S/C22H18Br2/c1-22(2)16-8-6-14(23)11-13-4-3-12-5-7-15-18(24)10-9-17(22)21(15)20(12)19(13)16/h3-10,13-14H,11H2,1-2H3. The van der Waals surface area contributed by atoms with Gasteiger partial charge in [-0.3, -0.25) is 0 Å². The Labute approximate surface area is 159 Å². The maximum Gasteiger partial charge on any atom is 0.0337 e. The van der Waals surface area contributed by atoms with Gasteiger partial charge in [-0.1, -0.05) is 88.2 Å². The number of rotatable bonds is 0. The summed E-state index contributed by atoms with van der Waals surface area (Å²) >= 11 is 7.61. The molecule has 0 saturated carbocycles. The molecule has 2 aromatic rings. The van der Waals surface area contributed by atoms with Gasteiger partial charge in [0.2, 0.25) is 0 Å². The van der Waals surface area contributed by atoms with Crippen molar-refractivity contribution in [3.05, 3.63) is 69.2 Å². The van der Waals surface area contributed by atoms with E-state index in [0.717, 1.165) is 6.42 Å². The molecule has 0 fully saturated rings. The Kier molecular flexibility index (Phi) is 3.13. The van der Waals surface area contributed by atoms with E-state index in [4.69, 9.17) is 0 Å². The summed E-state index contributed by atoms with van der Waals surface area (Å²) in [5, 5.41) is 2.78. The lowest BCUT2D eigenvalue weighted by Crippen LogP contribution is -2.27. The highest BCUT2D eigenvalue weighted by atomic mass is 79.9. The van der Waals surface area contributed by atoms with Gasteiger partial charge in [0.25, 0.3) is 0 Å². The zero-order valence-electron chi connectivity index (χ0n) is 13.7. The first-order valence-electron chi connectivity index (χ1n) is 8.49. The van der Waals surface area contributed by atoms with Gasteiger partial charge in [0.05, 0.1) is 0 Å². The second kappa shape index (κ2) is 4.95. The molecule has 0 amide bonds. The average molecular weight is 442 g/mol. The molecule has 0 radical (unpaired) electrons. The van der Waals surface area contributed by atoms with Crippen molar-refractivity contribution in [3.63, 3.8) is 0 Å². The van der Waals surface area contributed by atoms with E-state index in [1.807, 2.05) is 0 Å². The van der Waals surface area contributed by atoms with E-state index < -0.39 is 0 Å². The third-order valence-electron chi connectivity index (χ3n) is 5.90. The van der Waals surface area contributed by atoms with E-state index in [-0.39, 0.29) is 5.41 Å². The fourth-order valence-corrected chi connectivity index (χ4v) is 5.73. The van der Waals surface area contributed by atoms with Crippen LogP contribution in [0, 0.1) is 5.92 Å². The van der Waals surface area contributed by atoms with E-state index in [0.29, 0.717) is 10.7 Å². The molecule has 0 heterocycles. The van der Waals surface area contributed by atoms with Crippen LogP contribution >= 0.6 is 31.9 Å². The van der Waals surface area contributed by atoms with Crippen LogP contribution in [-0.2, 0) is 5.41 Å². The minimum absolute atomic E-state index is 0.0247. The van der Waals surface area contributed by atoms with Crippen LogP contribution in [0.2, 0.25) is 0 Å². The fourth-order valence-electron chi connectivity index (χ4n) is 4.71. The number of alkyl halides is 1. The number of halogens is 2. The molecule has 24 heavy (non-hydrogen) atoms. The van der Waals surface area contributed by atoms with E-state index in [9.17, 15) is 0 Å². The maximum atomic E-state index is 3.84. The summed E-state index contributed by atoms with van der Waals surface area (Å²) in [7, 11) is 0. The summed E-state index contributed by atoms with van der Waals surface area (Å²) in [6.45, 7) is 4.75. The van der Waals surface area contributed by atoms with Gasteiger partial charge in [-0.2, -0.15) is 0 Å². The van der Waals surface area contributed by atoms with Crippen LogP contribution < -0.4 is 0 Å². The highest BCUT2D eigenvalue weighted by Crippen LogP contribution is 2.54. The predicted octanol–water partition coefficient (Wildman–Crippen LogP) is 7.01. The Morgan fingerprint density at radius 1 is 1.04 bits per heavy atom. The third kappa shape index (κ3) is 1.84. The largest absolute Gasteiger partial charge is 0.0845 e. The Bertz CT molecular complexity index is 989. The van der Waals surface area contributed by atoms with Crippen molar-refractivity contribution >= 4 is 54.3 Å². The van der Waals surface area contributed by atoms with Crippen LogP contribution in [0.3, 0.4) is 0 Å². The fraction of sp³-hybridized carbons (Fsp3) is 0.273. The molecule has 2 aromatic carbocycles. The summed E-state index contributed by atoms with van der Waals surface area (Å²) in [6.07, 6.45) is 10.6. The van der Waals surface area contributed by atoms with Crippen molar-refractivity contribution in [1.82, 2.24) is 0 Å². The normalized spacial score (nSPS) is 26.0. The van der Waals surface area contributed by atoms with Crippen LogP contribution in [-0.4, -0.2) is 4.83 Å². The van der Waals surface area contributed by atoms with Crippen LogP contribution in [0.5, 0.6) is 0 Å². The zero-order chi connectivity index (χ0) is 16.6. The Balaban J connectivity index is 2.00. The summed E-state index contributed by atoms with van der Waals surface area (Å²) in [4.78, 5) is 0.434. The number of hydrogen-bond donors (Lipinski definition) is 0. The number of allylic oxidation sites excluding steroid dienone is 5. The SMILES string of the molecule is CC1(C)C2=C3c4c(ccc5c(Br)ccc1c45)C=CC3CC(Br)C=C2. The van der Waals surface area contributed by atoms with E-state index in [1.54, 1.807) is 5.57 Å². The second-order valence-electron chi connectivity index (χ2n) is 7.58. The molecule has 3 aliphatic carbocycles. The summed E-state index contributed by atoms with van der Waals surface area (Å²) in [6, 6.07) is 9.07. The van der Waals surface area contributed by atoms with Gasteiger partial charge >= 0.3 is 0 Å². The first-order valence-corrected chi connectivity index (χ1v) is 10.2. The van der Waals surface area contributed by atoms with E-state index in [1.165, 1.54) is 37.5 Å². The van der Waals surface area contributed by atoms with Crippen LogP contribution in [0.4, 0.5) is 0 Å². The Hall–Kier alpha value is -1.12. The topological polar surface area (TPSA) is 0 Å². The molecule has 2 heteroatoms. The lowest BCUT2D eigenvalue weighted by atomic mass is 9.64. The Morgan fingerprint density at radius 2 is 1.88 bits per heavy atom. The monoisotopic (exact) mass is 440 g/mol. The van der Waals surface area contributed by atoms with Crippen molar-refractivity contribution in [1.29, 1.82) is 0 Å². The molecule has 0 spiro atoms. The van der Waals surface area contributed by atoms with Gasteiger partial charge in [-0.15, -0.1) is 0 Å². The first kappa shape index (κ1) is 15.2. The van der Waals surface area contributed by atoms with Gasteiger partial charge in [0, 0.05) is 20.6 Å². The summed E-state index contributed by atoms with van der Waals surface area (Å²) in [5.74, 6) is 0.490. The molecule has 0 bridgehead atoms. The van der Waals surface area contributed by atoms with Gasteiger partial charge < -0.3 is 0 Å². The minimum atomic E-state index is 0.0247. The Morgan fingerprint density at radius 3 is 2.71 bits per heavy atom. The molecule has 2 atom stereocenters. The molecule has 3 aliphatic rings. The summed E-state index contributed by atoms with van der Waals surface area (Å²) < 4.78 is 1.19. The lowest BCUT2D eigenvalue weighted by molar-refractivity contribution is 0.634. The molecular formula is C22H18Br2. The summed E-state index contributed by atoms with van der Waals surface area (Å²) in [5.41, 5.74) is 7.34. The quantitative estimate of drug-likeness (QED) is 0.385. The molecular weight excluding hydrogens is 424 g/mol.